The fraction of sp³-hybridized carbons (Fsp3) is 0.135. The summed E-state index contributed by atoms with van der Waals surface area (Å²) in [7, 11) is 0. The molecule has 14 heteroatoms. The van der Waals surface area contributed by atoms with Gasteiger partial charge in [-0.1, -0.05) is 103 Å². The zero-order chi connectivity index (χ0) is 45.7. The Morgan fingerprint density at radius 1 is 0.773 bits per heavy atom. The number of esters is 2. The third-order valence-electron chi connectivity index (χ3n) is 12.7. The minimum Gasteiger partial charge on any atom is -0.508 e. The first-order chi connectivity index (χ1) is 32.1. The molecule has 0 bridgehead atoms. The van der Waals surface area contributed by atoms with E-state index in [0.29, 0.717) is 45.7 Å². The van der Waals surface area contributed by atoms with Crippen LogP contribution in [0.15, 0.2) is 161 Å². The van der Waals surface area contributed by atoms with Crippen molar-refractivity contribution in [2.75, 3.05) is 6.61 Å². The number of halogens is 1. The average Bonchev–Trinajstić information content (AvgIpc) is 3.96. The Kier molecular flexibility index (Phi) is 10.8. The topological polar surface area (TPSA) is 153 Å². The molecule has 324 valence electrons. The molecule has 3 atom stereocenters. The number of fused-ring (bicyclic) bond motifs is 11. The molecule has 2 aliphatic heterocycles. The molecule has 66 heavy (non-hydrogen) atoms. The van der Waals surface area contributed by atoms with Crippen LogP contribution in [0.2, 0.25) is 0 Å². The first-order valence-electron chi connectivity index (χ1n) is 20.6. The third-order valence-corrected chi connectivity index (χ3v) is 12.9. The van der Waals surface area contributed by atoms with Gasteiger partial charge in [-0.25, -0.2) is 24.4 Å². The molecule has 0 amide bonds. The van der Waals surface area contributed by atoms with E-state index in [1.165, 1.54) is 24.3 Å². The van der Waals surface area contributed by atoms with Crippen LogP contribution in [0, 0.1) is 0 Å². The fourth-order valence-corrected chi connectivity index (χ4v) is 10.3. The molecule has 2 N–H and O–H groups in total. The summed E-state index contributed by atoms with van der Waals surface area (Å²) in [6.45, 7) is 0.00362. The number of carbonyl (C=O) groups is 3. The van der Waals surface area contributed by atoms with Gasteiger partial charge in [-0.15, -0.1) is 0 Å². The molecule has 6 aromatic carbocycles. The molecule has 3 aliphatic carbocycles. The number of thiocarbonyl (C=S) groups is 2. The number of aliphatic imine (C=N–C) groups is 2. The number of allylic oxidation sites excluding steroid dienone is 2. The van der Waals surface area contributed by atoms with E-state index >= 15 is 0 Å². The van der Waals surface area contributed by atoms with Gasteiger partial charge in [0.1, 0.15) is 35.6 Å². The van der Waals surface area contributed by atoms with E-state index in [2.05, 4.69) is 20.3 Å². The van der Waals surface area contributed by atoms with Crippen molar-refractivity contribution in [3.8, 4) is 34.1 Å². The van der Waals surface area contributed by atoms with Gasteiger partial charge in [0.15, 0.2) is 11.1 Å². The van der Waals surface area contributed by atoms with Crippen LogP contribution < -0.4 is 4.74 Å². The number of benzene rings is 6. The van der Waals surface area contributed by atoms with Crippen molar-refractivity contribution in [3.05, 3.63) is 196 Å². The number of aromatic hydroxyl groups is 2. The maximum atomic E-state index is 14.0. The van der Waals surface area contributed by atoms with Crippen molar-refractivity contribution >= 4 is 69.3 Å². The van der Waals surface area contributed by atoms with Crippen molar-refractivity contribution in [1.82, 2.24) is 0 Å². The molecule has 11 nitrogen and oxygen atoms in total. The van der Waals surface area contributed by atoms with Crippen LogP contribution in [-0.4, -0.2) is 62.2 Å². The van der Waals surface area contributed by atoms with Gasteiger partial charge in [-0.3, -0.25) is 0 Å². The highest BCUT2D eigenvalue weighted by atomic mass is 35.5. The standard InChI is InChI=1S/C32H21ClN2O4S2.C20H12O5/c33-31(37)39-29(30(36)38-16-26-23-11-5-3-9-21(23)22-10-4-6-12-24(22)26)32(35-18-41)27-15-19-7-1-2-8-20(19)25(27)13-14-28(32)34-17-40;21-11-5-7-15-17(9-11)24-18-10-12(22)6-8-16(18)20(15)14-4-2-1-3-13(14)19(23)25-20/h1-14,26,28-29H,15-16H2;1-10,21-22H. The maximum absolute atomic E-state index is 14.0. The van der Waals surface area contributed by atoms with E-state index in [1.807, 2.05) is 91.0 Å². The van der Waals surface area contributed by atoms with Gasteiger partial charge < -0.3 is 29.2 Å². The van der Waals surface area contributed by atoms with Crippen molar-refractivity contribution in [3.63, 3.8) is 0 Å². The van der Waals surface area contributed by atoms with E-state index in [1.54, 1.807) is 30.3 Å². The Morgan fingerprint density at radius 3 is 1.98 bits per heavy atom. The number of nitrogens with zero attached hydrogens (tertiary/aromatic N) is 2. The highest BCUT2D eigenvalue weighted by Crippen LogP contribution is 2.57. The molecule has 0 fully saturated rings. The number of rotatable bonds is 7. The van der Waals surface area contributed by atoms with Crippen LogP contribution >= 0.6 is 36.0 Å². The average molecular weight is 929 g/mol. The number of isothiocyanates is 2. The summed E-state index contributed by atoms with van der Waals surface area (Å²) in [6.07, 6.45) is 2.42. The van der Waals surface area contributed by atoms with Gasteiger partial charge in [-0.2, -0.15) is 0 Å². The van der Waals surface area contributed by atoms with Gasteiger partial charge in [0.05, 0.1) is 15.9 Å². The molecule has 0 radical (unpaired) electrons. The van der Waals surface area contributed by atoms with E-state index in [0.717, 1.165) is 39.0 Å². The lowest BCUT2D eigenvalue weighted by Crippen LogP contribution is -2.57. The monoisotopic (exact) mass is 928 g/mol. The molecule has 0 saturated carbocycles. The van der Waals surface area contributed by atoms with Crippen LogP contribution in [0.3, 0.4) is 0 Å². The van der Waals surface area contributed by atoms with Gasteiger partial charge in [0, 0.05) is 46.3 Å². The number of phenolic OH excluding ortho intramolecular Hbond substituents is 2. The van der Waals surface area contributed by atoms with Crippen LogP contribution in [-0.2, 0) is 31.0 Å². The number of hydrogen-bond donors (Lipinski definition) is 2. The first-order valence-corrected chi connectivity index (χ1v) is 21.8. The van der Waals surface area contributed by atoms with Gasteiger partial charge in [0.25, 0.3) is 0 Å². The molecule has 0 aromatic heterocycles. The highest BCUT2D eigenvalue weighted by Gasteiger charge is 2.58. The summed E-state index contributed by atoms with van der Waals surface area (Å²) < 4.78 is 23.3. The van der Waals surface area contributed by atoms with E-state index in [4.69, 9.17) is 55.0 Å². The lowest BCUT2D eigenvalue weighted by atomic mass is 9.73. The maximum Gasteiger partial charge on any atom is 0.404 e. The molecule has 3 unspecified atom stereocenters. The highest BCUT2D eigenvalue weighted by molar-refractivity contribution is 7.78. The molecule has 5 aliphatic rings. The second kappa shape index (κ2) is 16.8. The Hall–Kier alpha value is -7.50. The Bertz CT molecular complexity index is 3130. The Balaban J connectivity index is 0.000000174. The number of carbonyl (C=O) groups excluding carboxylic acids is 3. The number of hydrogen-bond acceptors (Lipinski definition) is 13. The summed E-state index contributed by atoms with van der Waals surface area (Å²) in [5.41, 5.74) is 6.19. The fourth-order valence-electron chi connectivity index (χ4n) is 9.97. The van der Waals surface area contributed by atoms with E-state index in [9.17, 15) is 24.6 Å². The van der Waals surface area contributed by atoms with Crippen LogP contribution in [0.4, 0.5) is 4.79 Å². The predicted octanol–water partition coefficient (Wildman–Crippen LogP) is 10.6. The number of ether oxygens (including phenoxy) is 4. The summed E-state index contributed by atoms with van der Waals surface area (Å²) in [5.74, 6) is -0.640. The molecule has 1 spiro atoms. The van der Waals surface area contributed by atoms with Crippen molar-refractivity contribution in [2.45, 2.75) is 35.6 Å². The quantitative estimate of drug-likeness (QED) is 0.0517. The number of phenols is 2. The minimum atomic E-state index is -1.64. The summed E-state index contributed by atoms with van der Waals surface area (Å²) >= 11 is 15.8. The van der Waals surface area contributed by atoms with Gasteiger partial charge >= 0.3 is 17.4 Å². The zero-order valence-corrected chi connectivity index (χ0v) is 36.7. The molecular formula is C52H33ClN2O9S2. The normalized spacial score (nSPS) is 18.7. The van der Waals surface area contributed by atoms with Crippen molar-refractivity contribution < 1.29 is 43.5 Å². The SMILES string of the molecule is O=C(Cl)OC(C(=O)OCC1c2ccccc2-c2ccccc21)C1(N=C=S)C2=C(C=CC1N=C=S)c1ccccc1C2.O=C1OC2(c3ccc(O)cc3Oc3cc(O)ccc32)c2ccccc21. The first kappa shape index (κ1) is 42.5. The summed E-state index contributed by atoms with van der Waals surface area (Å²) in [4.78, 5) is 47.6. The lowest BCUT2D eigenvalue weighted by molar-refractivity contribution is -0.156. The van der Waals surface area contributed by atoms with E-state index < -0.39 is 40.7 Å². The van der Waals surface area contributed by atoms with Crippen LogP contribution in [0.1, 0.15) is 55.2 Å². The van der Waals surface area contributed by atoms with Gasteiger partial charge in [0.2, 0.25) is 6.10 Å². The minimum absolute atomic E-state index is 0.00362. The smallest absolute Gasteiger partial charge is 0.404 e. The third kappa shape index (κ3) is 6.76. The van der Waals surface area contributed by atoms with Crippen molar-refractivity contribution in [1.29, 1.82) is 0 Å². The largest absolute Gasteiger partial charge is 0.508 e. The Labute approximate surface area is 392 Å². The Morgan fingerprint density at radius 2 is 1.36 bits per heavy atom. The molecule has 0 saturated heterocycles. The van der Waals surface area contributed by atoms with Crippen LogP contribution in [0.5, 0.6) is 23.0 Å². The zero-order valence-electron chi connectivity index (χ0n) is 34.3. The predicted molar refractivity (Wildman–Crippen MR) is 252 cm³/mol. The molecule has 2 heterocycles. The second-order valence-corrected chi connectivity index (χ2v) is 16.6. The van der Waals surface area contributed by atoms with Crippen LogP contribution in [0.25, 0.3) is 16.7 Å². The molecule has 6 aromatic rings. The second-order valence-electron chi connectivity index (χ2n) is 16.0. The van der Waals surface area contributed by atoms with Crippen molar-refractivity contribution in [2.24, 2.45) is 9.98 Å². The van der Waals surface area contributed by atoms with Gasteiger partial charge in [-0.05, 0) is 106 Å². The lowest BCUT2D eigenvalue weighted by Gasteiger charge is -2.40. The summed E-state index contributed by atoms with van der Waals surface area (Å²) in [6, 6.07) is 39.5. The summed E-state index contributed by atoms with van der Waals surface area (Å²) in [5, 5.41) is 24.5. The molecular weight excluding hydrogens is 896 g/mol. The molecule has 11 rings (SSSR count). The van der Waals surface area contributed by atoms with E-state index in [-0.39, 0.29) is 24.0 Å².